The van der Waals surface area contributed by atoms with E-state index in [1.807, 2.05) is 0 Å². The van der Waals surface area contributed by atoms with Gasteiger partial charge >= 0.3 is 0 Å². The molecule has 0 spiro atoms. The highest BCUT2D eigenvalue weighted by molar-refractivity contribution is 5.94. The molecule has 5 heteroatoms. The lowest BCUT2D eigenvalue weighted by molar-refractivity contribution is 0.0950. The fourth-order valence-electron chi connectivity index (χ4n) is 1.20. The Morgan fingerprint density at radius 3 is 2.62 bits per heavy atom. The number of hydrogen-bond donors (Lipinski definition) is 2. The van der Waals surface area contributed by atoms with Gasteiger partial charge in [-0.1, -0.05) is 6.07 Å². The molecule has 0 bridgehead atoms. The van der Waals surface area contributed by atoms with Crippen molar-refractivity contribution in [2.75, 3.05) is 20.1 Å². The molecule has 0 heterocycles. The number of halogens is 2. The maximum atomic E-state index is 13.3. The van der Waals surface area contributed by atoms with Crippen LogP contribution in [0.25, 0.3) is 0 Å². The van der Waals surface area contributed by atoms with Gasteiger partial charge < -0.3 is 10.6 Å². The number of nitrogens with one attached hydrogen (secondary N) is 2. The van der Waals surface area contributed by atoms with Gasteiger partial charge in [0.2, 0.25) is 0 Å². The van der Waals surface area contributed by atoms with Gasteiger partial charge in [0, 0.05) is 13.1 Å². The normalized spacial score (nSPS) is 9.44. The number of amides is 1. The zero-order valence-corrected chi connectivity index (χ0v) is 10.2. The average molecular weight is 247 g/mol. The molecule has 0 radical (unpaired) electrons. The lowest BCUT2D eigenvalue weighted by Crippen LogP contribution is -2.30. The van der Waals surface area contributed by atoms with Gasteiger partial charge in [0.1, 0.15) is 5.82 Å². The molecule has 0 unspecified atom stereocenters. The van der Waals surface area contributed by atoms with E-state index in [0.29, 0.717) is 13.1 Å². The fraction of sp³-hybridized carbons (Fsp3) is 0.364. The van der Waals surface area contributed by atoms with Gasteiger partial charge in [-0.05, 0) is 31.7 Å². The molecule has 1 rings (SSSR count). The topological polar surface area (TPSA) is 41.1 Å². The van der Waals surface area contributed by atoms with E-state index in [1.54, 1.807) is 20.0 Å². The summed E-state index contributed by atoms with van der Waals surface area (Å²) in [5, 5.41) is 5.51. The number of likely N-dealkylation sites (N-methyl/N-ethyl adjacent to an activating group) is 1. The third-order valence-electron chi connectivity index (χ3n) is 2.03. The zero-order chi connectivity index (χ0) is 11.3. The first kappa shape index (κ1) is 14.9. The minimum atomic E-state index is -0.475. The molecule has 1 aromatic carbocycles. The van der Waals surface area contributed by atoms with Crippen molar-refractivity contribution in [2.45, 2.75) is 6.92 Å². The number of carbonyl (C=O) groups excluding carboxylic acids is 1. The van der Waals surface area contributed by atoms with Gasteiger partial charge in [-0.25, -0.2) is 4.39 Å². The Kier molecular flexibility index (Phi) is 6.69. The zero-order valence-electron chi connectivity index (χ0n) is 9.34. The number of rotatable bonds is 4. The Hall–Kier alpha value is -1.13. The molecule has 0 aliphatic carbocycles. The van der Waals surface area contributed by atoms with Gasteiger partial charge in [0.05, 0.1) is 5.56 Å². The molecule has 0 aliphatic rings. The van der Waals surface area contributed by atoms with E-state index in [-0.39, 0.29) is 23.9 Å². The molecule has 16 heavy (non-hydrogen) atoms. The quantitative estimate of drug-likeness (QED) is 0.791. The third kappa shape index (κ3) is 4.16. The van der Waals surface area contributed by atoms with Crippen molar-refractivity contribution in [3.63, 3.8) is 0 Å². The maximum absolute atomic E-state index is 13.3. The summed E-state index contributed by atoms with van der Waals surface area (Å²) in [6.07, 6.45) is 0. The summed E-state index contributed by atoms with van der Waals surface area (Å²) in [7, 11) is 1.79. The van der Waals surface area contributed by atoms with Crippen LogP contribution in [0.4, 0.5) is 4.39 Å². The lowest BCUT2D eigenvalue weighted by Gasteiger charge is -2.06. The van der Waals surface area contributed by atoms with Gasteiger partial charge in [0.25, 0.3) is 5.91 Å². The van der Waals surface area contributed by atoms with Crippen molar-refractivity contribution in [3.05, 3.63) is 35.1 Å². The third-order valence-corrected chi connectivity index (χ3v) is 2.03. The molecule has 90 valence electrons. The van der Waals surface area contributed by atoms with Crippen LogP contribution in [0.2, 0.25) is 0 Å². The van der Waals surface area contributed by atoms with E-state index in [0.717, 1.165) is 5.56 Å². The number of hydrogen-bond acceptors (Lipinski definition) is 2. The van der Waals surface area contributed by atoms with Crippen LogP contribution in [0.1, 0.15) is 15.9 Å². The van der Waals surface area contributed by atoms with Crippen molar-refractivity contribution in [1.82, 2.24) is 10.6 Å². The molecule has 1 aromatic rings. The predicted molar refractivity (Wildman–Crippen MR) is 64.6 cm³/mol. The van der Waals surface area contributed by atoms with Crippen LogP contribution in [0.3, 0.4) is 0 Å². The summed E-state index contributed by atoms with van der Waals surface area (Å²) < 4.78 is 13.3. The highest BCUT2D eigenvalue weighted by atomic mass is 35.5. The molecule has 0 saturated carbocycles. The maximum Gasteiger partial charge on any atom is 0.254 e. The smallest absolute Gasteiger partial charge is 0.254 e. The monoisotopic (exact) mass is 246 g/mol. The summed E-state index contributed by atoms with van der Waals surface area (Å²) in [4.78, 5) is 11.5. The summed E-state index contributed by atoms with van der Waals surface area (Å²) in [5.74, 6) is -0.847. The Labute approximate surface area is 101 Å². The Morgan fingerprint density at radius 2 is 2.06 bits per heavy atom. The standard InChI is InChI=1S/C11H15FN2O.ClH/c1-8-3-4-9(10(12)7-8)11(15)14-6-5-13-2;/h3-4,7,13H,5-6H2,1-2H3,(H,14,15);1H. The van der Waals surface area contributed by atoms with E-state index in [1.165, 1.54) is 12.1 Å². The molecule has 0 saturated heterocycles. The highest BCUT2D eigenvalue weighted by Gasteiger charge is 2.10. The van der Waals surface area contributed by atoms with Crippen LogP contribution in [-0.4, -0.2) is 26.0 Å². The van der Waals surface area contributed by atoms with Crippen LogP contribution in [0.15, 0.2) is 18.2 Å². The van der Waals surface area contributed by atoms with Crippen LogP contribution >= 0.6 is 12.4 Å². The van der Waals surface area contributed by atoms with Crippen molar-refractivity contribution in [2.24, 2.45) is 0 Å². The molecular formula is C11H16ClFN2O. The van der Waals surface area contributed by atoms with Crippen LogP contribution in [0.5, 0.6) is 0 Å². The number of aryl methyl sites for hydroxylation is 1. The van der Waals surface area contributed by atoms with Gasteiger partial charge in [-0.15, -0.1) is 12.4 Å². The molecule has 2 N–H and O–H groups in total. The van der Waals surface area contributed by atoms with Crippen LogP contribution < -0.4 is 10.6 Å². The van der Waals surface area contributed by atoms with E-state index in [2.05, 4.69) is 10.6 Å². The lowest BCUT2D eigenvalue weighted by atomic mass is 10.1. The number of benzene rings is 1. The second-order valence-corrected chi connectivity index (χ2v) is 3.34. The van der Waals surface area contributed by atoms with Gasteiger partial charge in [-0.2, -0.15) is 0 Å². The number of carbonyl (C=O) groups is 1. The van der Waals surface area contributed by atoms with Gasteiger partial charge in [-0.3, -0.25) is 4.79 Å². The molecule has 0 fully saturated rings. The summed E-state index contributed by atoms with van der Waals surface area (Å²) >= 11 is 0. The Balaban J connectivity index is 0.00000225. The highest BCUT2D eigenvalue weighted by Crippen LogP contribution is 2.09. The summed E-state index contributed by atoms with van der Waals surface area (Å²) in [5.41, 5.74) is 0.899. The summed E-state index contributed by atoms with van der Waals surface area (Å²) in [6.45, 7) is 2.94. The molecule has 0 aromatic heterocycles. The average Bonchev–Trinajstić information content (AvgIpc) is 2.17. The minimum absolute atomic E-state index is 0. The second-order valence-electron chi connectivity index (χ2n) is 3.34. The Bertz CT molecular complexity index is 358. The van der Waals surface area contributed by atoms with E-state index < -0.39 is 5.82 Å². The second kappa shape index (κ2) is 7.19. The van der Waals surface area contributed by atoms with E-state index in [9.17, 15) is 9.18 Å². The first-order valence-corrected chi connectivity index (χ1v) is 4.84. The largest absolute Gasteiger partial charge is 0.351 e. The molecule has 0 atom stereocenters. The van der Waals surface area contributed by atoms with Gasteiger partial charge in [0.15, 0.2) is 0 Å². The van der Waals surface area contributed by atoms with Crippen molar-refractivity contribution in [3.8, 4) is 0 Å². The minimum Gasteiger partial charge on any atom is -0.351 e. The molecule has 3 nitrogen and oxygen atoms in total. The van der Waals surface area contributed by atoms with E-state index >= 15 is 0 Å². The predicted octanol–water partition coefficient (Wildman–Crippen LogP) is 1.51. The first-order chi connectivity index (χ1) is 7.15. The van der Waals surface area contributed by atoms with Crippen molar-refractivity contribution < 1.29 is 9.18 Å². The molecule has 0 aliphatic heterocycles. The van der Waals surface area contributed by atoms with Crippen molar-refractivity contribution in [1.29, 1.82) is 0 Å². The first-order valence-electron chi connectivity index (χ1n) is 4.84. The van der Waals surface area contributed by atoms with Crippen LogP contribution in [-0.2, 0) is 0 Å². The SMILES string of the molecule is CNCCNC(=O)c1ccc(C)cc1F.Cl. The fourth-order valence-corrected chi connectivity index (χ4v) is 1.20. The van der Waals surface area contributed by atoms with Crippen molar-refractivity contribution >= 4 is 18.3 Å². The Morgan fingerprint density at radius 1 is 1.38 bits per heavy atom. The van der Waals surface area contributed by atoms with E-state index in [4.69, 9.17) is 0 Å². The van der Waals surface area contributed by atoms with Crippen LogP contribution in [0, 0.1) is 12.7 Å². The molecule has 1 amide bonds. The summed E-state index contributed by atoms with van der Waals surface area (Å²) in [6, 6.07) is 4.57. The molecular weight excluding hydrogens is 231 g/mol.